The van der Waals surface area contributed by atoms with Crippen molar-refractivity contribution in [2.45, 2.75) is 39.0 Å². The van der Waals surface area contributed by atoms with Crippen LogP contribution in [0.15, 0.2) is 24.3 Å². The Hall–Kier alpha value is -1.10. The van der Waals surface area contributed by atoms with Gasteiger partial charge in [0.25, 0.3) is 0 Å². The molecule has 0 spiro atoms. The second-order valence-electron chi connectivity index (χ2n) is 4.92. The number of hydrogen-bond donors (Lipinski definition) is 1. The molecular formula is C16H25NO3. The zero-order valence-electron chi connectivity index (χ0n) is 12.4. The van der Waals surface area contributed by atoms with Gasteiger partial charge in [-0.3, -0.25) is 0 Å². The van der Waals surface area contributed by atoms with E-state index >= 15 is 0 Å². The molecular weight excluding hydrogens is 254 g/mol. The van der Waals surface area contributed by atoms with E-state index in [2.05, 4.69) is 24.4 Å². The average Bonchev–Trinajstić information content (AvgIpc) is 2.98. The van der Waals surface area contributed by atoms with Gasteiger partial charge in [0.15, 0.2) is 6.29 Å². The van der Waals surface area contributed by atoms with Gasteiger partial charge in [0.2, 0.25) is 0 Å². The fourth-order valence-electron chi connectivity index (χ4n) is 2.35. The molecule has 0 saturated carbocycles. The second-order valence-corrected chi connectivity index (χ2v) is 4.92. The van der Waals surface area contributed by atoms with Crippen molar-refractivity contribution in [3.05, 3.63) is 29.8 Å². The Kier molecular flexibility index (Phi) is 6.30. The topological polar surface area (TPSA) is 39.7 Å². The van der Waals surface area contributed by atoms with Gasteiger partial charge >= 0.3 is 0 Å². The van der Waals surface area contributed by atoms with Gasteiger partial charge in [-0.05, 0) is 37.6 Å². The van der Waals surface area contributed by atoms with Crippen LogP contribution in [0, 0.1) is 0 Å². The summed E-state index contributed by atoms with van der Waals surface area (Å²) in [6, 6.07) is 8.54. The van der Waals surface area contributed by atoms with Gasteiger partial charge in [-0.2, -0.15) is 0 Å². The lowest BCUT2D eigenvalue weighted by molar-refractivity contribution is -0.0530. The molecule has 2 rings (SSSR count). The van der Waals surface area contributed by atoms with Crippen molar-refractivity contribution in [2.24, 2.45) is 0 Å². The third kappa shape index (κ3) is 4.47. The molecule has 4 nitrogen and oxygen atoms in total. The summed E-state index contributed by atoms with van der Waals surface area (Å²) in [4.78, 5) is 0. The van der Waals surface area contributed by atoms with Crippen LogP contribution in [0.1, 0.15) is 38.3 Å². The molecule has 20 heavy (non-hydrogen) atoms. The first kappa shape index (κ1) is 15.3. The van der Waals surface area contributed by atoms with Crippen molar-refractivity contribution >= 4 is 0 Å². The van der Waals surface area contributed by atoms with E-state index in [0.717, 1.165) is 25.1 Å². The summed E-state index contributed by atoms with van der Waals surface area (Å²) in [6.45, 7) is 7.26. The first-order chi connectivity index (χ1) is 9.83. The average molecular weight is 279 g/mol. The van der Waals surface area contributed by atoms with Gasteiger partial charge in [-0.25, -0.2) is 0 Å². The van der Waals surface area contributed by atoms with E-state index in [1.54, 1.807) is 0 Å². The molecule has 1 N–H and O–H groups in total. The zero-order chi connectivity index (χ0) is 14.2. The van der Waals surface area contributed by atoms with Crippen molar-refractivity contribution in [3.63, 3.8) is 0 Å². The Balaban J connectivity index is 1.99. The number of benzene rings is 1. The number of rotatable bonds is 8. The Labute approximate surface area is 121 Å². The van der Waals surface area contributed by atoms with E-state index in [9.17, 15) is 0 Å². The fourth-order valence-corrected chi connectivity index (χ4v) is 2.35. The molecule has 1 aliphatic rings. The molecule has 0 aliphatic carbocycles. The molecule has 1 saturated heterocycles. The summed E-state index contributed by atoms with van der Waals surface area (Å²) >= 11 is 0. The molecule has 1 aromatic rings. The summed E-state index contributed by atoms with van der Waals surface area (Å²) in [5.41, 5.74) is 1.25. The minimum Gasteiger partial charge on any atom is -0.494 e. The molecule has 1 aliphatic heterocycles. The Morgan fingerprint density at radius 1 is 1.20 bits per heavy atom. The van der Waals surface area contributed by atoms with Crippen LogP contribution < -0.4 is 10.1 Å². The van der Waals surface area contributed by atoms with Crippen LogP contribution in [0.3, 0.4) is 0 Å². The predicted octanol–water partition coefficient (Wildman–Crippen LogP) is 2.89. The molecule has 0 bridgehead atoms. The molecule has 0 radical (unpaired) electrons. The Bertz CT molecular complexity index is 374. The van der Waals surface area contributed by atoms with E-state index in [1.165, 1.54) is 5.56 Å². The van der Waals surface area contributed by atoms with Crippen LogP contribution >= 0.6 is 0 Å². The van der Waals surface area contributed by atoms with E-state index < -0.39 is 0 Å². The van der Waals surface area contributed by atoms with E-state index in [0.29, 0.717) is 19.8 Å². The highest BCUT2D eigenvalue weighted by molar-refractivity contribution is 5.29. The Morgan fingerprint density at radius 3 is 2.50 bits per heavy atom. The van der Waals surface area contributed by atoms with E-state index in [4.69, 9.17) is 14.2 Å². The van der Waals surface area contributed by atoms with Crippen LogP contribution in [0.25, 0.3) is 0 Å². The van der Waals surface area contributed by atoms with Crippen LogP contribution in [0.5, 0.6) is 5.75 Å². The molecule has 0 aromatic heterocycles. The van der Waals surface area contributed by atoms with Crippen molar-refractivity contribution in [2.75, 3.05) is 26.4 Å². The van der Waals surface area contributed by atoms with Gasteiger partial charge < -0.3 is 19.5 Å². The largest absolute Gasteiger partial charge is 0.494 e. The molecule has 1 atom stereocenters. The van der Waals surface area contributed by atoms with E-state index in [-0.39, 0.29) is 12.3 Å². The molecule has 112 valence electrons. The van der Waals surface area contributed by atoms with Gasteiger partial charge in [0, 0.05) is 12.5 Å². The highest BCUT2D eigenvalue weighted by Crippen LogP contribution is 2.24. The van der Waals surface area contributed by atoms with Gasteiger partial charge in [0.05, 0.1) is 19.8 Å². The number of nitrogens with one attached hydrogen (secondary N) is 1. The summed E-state index contributed by atoms with van der Waals surface area (Å²) in [6.07, 6.45) is 1.87. The fraction of sp³-hybridized carbons (Fsp3) is 0.625. The van der Waals surface area contributed by atoms with E-state index in [1.807, 2.05) is 19.1 Å². The molecule has 4 heteroatoms. The minimum absolute atomic E-state index is 0.0871. The van der Waals surface area contributed by atoms with Crippen molar-refractivity contribution < 1.29 is 14.2 Å². The third-order valence-corrected chi connectivity index (χ3v) is 3.35. The maximum atomic E-state index is 5.56. The summed E-state index contributed by atoms with van der Waals surface area (Å²) < 4.78 is 16.6. The molecule has 0 amide bonds. The quantitative estimate of drug-likeness (QED) is 0.794. The predicted molar refractivity (Wildman–Crippen MR) is 79.0 cm³/mol. The smallest absolute Gasteiger partial charge is 0.159 e. The van der Waals surface area contributed by atoms with Crippen LogP contribution in [0.4, 0.5) is 0 Å². The first-order valence-electron chi connectivity index (χ1n) is 7.52. The second kappa shape index (κ2) is 8.25. The lowest BCUT2D eigenvalue weighted by atomic mass is 10.0. The first-order valence-corrected chi connectivity index (χ1v) is 7.52. The molecule has 1 aromatic carbocycles. The number of ether oxygens (including phenoxy) is 3. The highest BCUT2D eigenvalue weighted by atomic mass is 16.7. The lowest BCUT2D eigenvalue weighted by Crippen LogP contribution is -2.26. The normalized spacial score (nSPS) is 17.3. The van der Waals surface area contributed by atoms with Crippen molar-refractivity contribution in [3.8, 4) is 5.75 Å². The summed E-state index contributed by atoms with van der Waals surface area (Å²) in [5, 5.41) is 3.56. The maximum absolute atomic E-state index is 5.56. The van der Waals surface area contributed by atoms with Crippen LogP contribution in [-0.2, 0) is 9.47 Å². The van der Waals surface area contributed by atoms with Gasteiger partial charge in [-0.1, -0.05) is 19.1 Å². The maximum Gasteiger partial charge on any atom is 0.159 e. The highest BCUT2D eigenvalue weighted by Gasteiger charge is 2.22. The molecule has 1 fully saturated rings. The molecule has 1 unspecified atom stereocenters. The lowest BCUT2D eigenvalue weighted by Gasteiger charge is -2.22. The van der Waals surface area contributed by atoms with Crippen LogP contribution in [0.2, 0.25) is 0 Å². The van der Waals surface area contributed by atoms with Gasteiger partial charge in [0.1, 0.15) is 5.75 Å². The minimum atomic E-state index is -0.0871. The summed E-state index contributed by atoms with van der Waals surface area (Å²) in [7, 11) is 0. The summed E-state index contributed by atoms with van der Waals surface area (Å²) in [5.74, 6) is 0.916. The number of hydrogen-bond acceptors (Lipinski definition) is 4. The molecule has 1 heterocycles. The van der Waals surface area contributed by atoms with Gasteiger partial charge in [-0.15, -0.1) is 0 Å². The third-order valence-electron chi connectivity index (χ3n) is 3.35. The zero-order valence-corrected chi connectivity index (χ0v) is 12.4. The van der Waals surface area contributed by atoms with Crippen molar-refractivity contribution in [1.82, 2.24) is 5.32 Å². The van der Waals surface area contributed by atoms with Crippen LogP contribution in [-0.4, -0.2) is 32.7 Å². The Morgan fingerprint density at radius 2 is 1.90 bits per heavy atom. The SMILES string of the molecule is CCCNC(CC1OCCO1)c1ccc(OCC)cc1. The standard InChI is InChI=1S/C16H25NO3/c1-3-9-17-15(12-16-19-10-11-20-16)13-5-7-14(8-6-13)18-4-2/h5-8,15-17H,3-4,9-12H2,1-2H3. The van der Waals surface area contributed by atoms with Crippen molar-refractivity contribution in [1.29, 1.82) is 0 Å². The monoisotopic (exact) mass is 279 g/mol.